The lowest BCUT2D eigenvalue weighted by molar-refractivity contribution is 0.685. The highest BCUT2D eigenvalue weighted by molar-refractivity contribution is 6.20. The quantitative estimate of drug-likeness (QED) is 0.487. The molecule has 0 fully saturated rings. The molecule has 0 aliphatic carbocycles. The van der Waals surface area contributed by atoms with Gasteiger partial charge in [0.1, 0.15) is 5.50 Å². The summed E-state index contributed by atoms with van der Waals surface area (Å²) in [7, 11) is 0. The fourth-order valence-corrected chi connectivity index (χ4v) is 1.16. The van der Waals surface area contributed by atoms with Crippen LogP contribution >= 0.6 is 11.6 Å². The predicted molar refractivity (Wildman–Crippen MR) is 47.7 cm³/mol. The monoisotopic (exact) mass is 168 g/mol. The summed E-state index contributed by atoms with van der Waals surface area (Å²) in [4.78, 5) is 0. The maximum absolute atomic E-state index is 5.94. The summed E-state index contributed by atoms with van der Waals surface area (Å²) >= 11 is 5.94. The second-order valence-corrected chi connectivity index (χ2v) is 2.66. The van der Waals surface area contributed by atoms with Gasteiger partial charge in [0.2, 0.25) is 0 Å². The number of benzene rings is 1. The molecule has 0 heterocycles. The SMILES string of the molecule is CC[N]C(Cl)c1ccccc1. The van der Waals surface area contributed by atoms with Crippen LogP contribution < -0.4 is 5.32 Å². The number of alkyl halides is 1. The second kappa shape index (κ2) is 4.37. The van der Waals surface area contributed by atoms with Crippen LogP contribution in [-0.2, 0) is 0 Å². The van der Waals surface area contributed by atoms with Gasteiger partial charge in [0.05, 0.1) is 0 Å². The summed E-state index contributed by atoms with van der Waals surface area (Å²) in [5.41, 5.74) is 0.886. The Hall–Kier alpha value is -0.530. The molecule has 11 heavy (non-hydrogen) atoms. The molecule has 0 saturated heterocycles. The number of hydrogen-bond acceptors (Lipinski definition) is 0. The molecule has 0 bridgehead atoms. The minimum absolute atomic E-state index is 0.179. The van der Waals surface area contributed by atoms with Gasteiger partial charge in [-0.2, -0.15) is 0 Å². The molecular weight excluding hydrogens is 158 g/mol. The van der Waals surface area contributed by atoms with E-state index in [9.17, 15) is 0 Å². The summed E-state index contributed by atoms with van der Waals surface area (Å²) in [5.74, 6) is 0. The zero-order valence-electron chi connectivity index (χ0n) is 6.50. The molecule has 1 aromatic carbocycles. The Morgan fingerprint density at radius 3 is 2.55 bits per heavy atom. The van der Waals surface area contributed by atoms with Crippen LogP contribution in [0.2, 0.25) is 0 Å². The first-order valence-electron chi connectivity index (χ1n) is 3.70. The van der Waals surface area contributed by atoms with Gasteiger partial charge in [0, 0.05) is 6.54 Å². The molecule has 1 aromatic rings. The first-order valence-corrected chi connectivity index (χ1v) is 4.14. The van der Waals surface area contributed by atoms with Crippen LogP contribution in [0.5, 0.6) is 0 Å². The Labute approximate surface area is 72.4 Å². The maximum Gasteiger partial charge on any atom is 0.123 e. The van der Waals surface area contributed by atoms with Crippen molar-refractivity contribution in [2.75, 3.05) is 6.54 Å². The molecule has 1 rings (SSSR count). The van der Waals surface area contributed by atoms with E-state index >= 15 is 0 Å². The molecule has 0 spiro atoms. The van der Waals surface area contributed by atoms with E-state index in [2.05, 4.69) is 5.32 Å². The molecule has 59 valence electrons. The summed E-state index contributed by atoms with van der Waals surface area (Å²) in [6, 6.07) is 9.87. The summed E-state index contributed by atoms with van der Waals surface area (Å²) in [6.07, 6.45) is 0. The fraction of sp³-hybridized carbons (Fsp3) is 0.333. The van der Waals surface area contributed by atoms with E-state index in [4.69, 9.17) is 11.6 Å². The average molecular weight is 169 g/mol. The van der Waals surface area contributed by atoms with Gasteiger partial charge in [-0.05, 0) is 5.56 Å². The van der Waals surface area contributed by atoms with Crippen molar-refractivity contribution in [3.05, 3.63) is 35.9 Å². The summed E-state index contributed by atoms with van der Waals surface area (Å²) in [5, 5.41) is 4.16. The molecule has 1 unspecified atom stereocenters. The van der Waals surface area contributed by atoms with Crippen molar-refractivity contribution in [1.82, 2.24) is 5.32 Å². The third-order valence-electron chi connectivity index (χ3n) is 1.42. The second-order valence-electron chi connectivity index (χ2n) is 2.25. The standard InChI is InChI=1S/C9H11ClN/c1-2-11-9(10)8-6-4-3-5-7-8/h3-7,9H,2H2,1H3. The summed E-state index contributed by atoms with van der Waals surface area (Å²) < 4.78 is 0. The molecule has 1 radical (unpaired) electrons. The van der Waals surface area contributed by atoms with Gasteiger partial charge in [-0.1, -0.05) is 48.9 Å². The number of rotatable bonds is 3. The van der Waals surface area contributed by atoms with Crippen LogP contribution in [0.3, 0.4) is 0 Å². The van der Waals surface area contributed by atoms with Gasteiger partial charge >= 0.3 is 0 Å². The normalized spacial score (nSPS) is 12.9. The van der Waals surface area contributed by atoms with E-state index in [-0.39, 0.29) is 5.50 Å². The maximum atomic E-state index is 5.94. The zero-order valence-corrected chi connectivity index (χ0v) is 7.25. The van der Waals surface area contributed by atoms with E-state index < -0.39 is 0 Å². The van der Waals surface area contributed by atoms with Gasteiger partial charge in [-0.25, -0.2) is 5.32 Å². The first kappa shape index (κ1) is 8.57. The molecule has 0 amide bonds. The topological polar surface area (TPSA) is 14.1 Å². The van der Waals surface area contributed by atoms with Gasteiger partial charge in [-0.15, -0.1) is 0 Å². The minimum Gasteiger partial charge on any atom is -0.218 e. The number of hydrogen-bond donors (Lipinski definition) is 0. The van der Waals surface area contributed by atoms with Crippen LogP contribution in [0.15, 0.2) is 30.3 Å². The van der Waals surface area contributed by atoms with Crippen LogP contribution in [0.25, 0.3) is 0 Å². The van der Waals surface area contributed by atoms with Crippen molar-refractivity contribution >= 4 is 11.6 Å². The third kappa shape index (κ3) is 2.52. The molecule has 2 heteroatoms. The molecule has 1 nitrogen and oxygen atoms in total. The molecule has 0 N–H and O–H groups in total. The molecule has 0 aromatic heterocycles. The predicted octanol–water partition coefficient (Wildman–Crippen LogP) is 2.55. The third-order valence-corrected chi connectivity index (χ3v) is 1.81. The first-order chi connectivity index (χ1) is 5.34. The van der Waals surface area contributed by atoms with Gasteiger partial charge in [0.25, 0.3) is 0 Å². The highest BCUT2D eigenvalue weighted by Gasteiger charge is 2.04. The molecule has 0 aliphatic rings. The van der Waals surface area contributed by atoms with Crippen molar-refractivity contribution in [2.24, 2.45) is 0 Å². The average Bonchev–Trinajstić information content (AvgIpc) is 2.07. The van der Waals surface area contributed by atoms with E-state index in [1.807, 2.05) is 37.3 Å². The van der Waals surface area contributed by atoms with Crippen molar-refractivity contribution in [3.8, 4) is 0 Å². The van der Waals surface area contributed by atoms with E-state index in [1.165, 1.54) is 0 Å². The largest absolute Gasteiger partial charge is 0.218 e. The van der Waals surface area contributed by atoms with Gasteiger partial charge in [0.15, 0.2) is 0 Å². The lowest BCUT2D eigenvalue weighted by atomic mass is 10.2. The molecule has 1 atom stereocenters. The highest BCUT2D eigenvalue weighted by Crippen LogP contribution is 2.16. The van der Waals surface area contributed by atoms with Crippen LogP contribution in [0, 0.1) is 0 Å². The lowest BCUT2D eigenvalue weighted by Crippen LogP contribution is -2.07. The zero-order chi connectivity index (χ0) is 8.10. The van der Waals surface area contributed by atoms with Gasteiger partial charge < -0.3 is 0 Å². The number of nitrogens with zero attached hydrogens (tertiary/aromatic N) is 1. The van der Waals surface area contributed by atoms with E-state index in [0.717, 1.165) is 12.1 Å². The van der Waals surface area contributed by atoms with Crippen molar-refractivity contribution in [3.63, 3.8) is 0 Å². The fourth-order valence-electron chi connectivity index (χ4n) is 0.878. The lowest BCUT2D eigenvalue weighted by Gasteiger charge is -2.06. The Kier molecular flexibility index (Phi) is 3.40. The Morgan fingerprint density at radius 2 is 2.00 bits per heavy atom. The van der Waals surface area contributed by atoms with Crippen LogP contribution in [0.4, 0.5) is 0 Å². The molecular formula is C9H11ClN. The highest BCUT2D eigenvalue weighted by atomic mass is 35.5. The smallest absolute Gasteiger partial charge is 0.123 e. The minimum atomic E-state index is -0.179. The Morgan fingerprint density at radius 1 is 1.36 bits per heavy atom. The number of halogens is 1. The van der Waals surface area contributed by atoms with Crippen molar-refractivity contribution in [2.45, 2.75) is 12.4 Å². The Bertz CT molecular complexity index is 198. The van der Waals surface area contributed by atoms with Crippen LogP contribution in [0.1, 0.15) is 18.0 Å². The van der Waals surface area contributed by atoms with Gasteiger partial charge in [-0.3, -0.25) is 0 Å². The van der Waals surface area contributed by atoms with E-state index in [1.54, 1.807) is 0 Å². The van der Waals surface area contributed by atoms with Crippen molar-refractivity contribution < 1.29 is 0 Å². The van der Waals surface area contributed by atoms with Crippen LogP contribution in [-0.4, -0.2) is 6.54 Å². The summed E-state index contributed by atoms with van der Waals surface area (Å²) in [6.45, 7) is 2.75. The molecule has 0 aliphatic heterocycles. The molecule has 0 saturated carbocycles. The Balaban J connectivity index is 2.61. The van der Waals surface area contributed by atoms with Crippen molar-refractivity contribution in [1.29, 1.82) is 0 Å². The van der Waals surface area contributed by atoms with E-state index in [0.29, 0.717) is 0 Å².